The molecule has 38 heavy (non-hydrogen) atoms. The molecule has 0 bridgehead atoms. The van der Waals surface area contributed by atoms with Crippen molar-refractivity contribution in [3.63, 3.8) is 0 Å². The molecule has 0 unspecified atom stereocenters. The Bertz CT molecular complexity index is 1420. The molecule has 2 aromatic carbocycles. The molecular formula is C29H32N4O5. The Morgan fingerprint density at radius 1 is 1.00 bits per heavy atom. The molecule has 4 rings (SSSR count). The van der Waals surface area contributed by atoms with Gasteiger partial charge in [0.15, 0.2) is 5.78 Å². The summed E-state index contributed by atoms with van der Waals surface area (Å²) in [4.78, 5) is 33.7. The van der Waals surface area contributed by atoms with Crippen LogP contribution >= 0.6 is 0 Å². The Morgan fingerprint density at radius 2 is 1.71 bits per heavy atom. The van der Waals surface area contributed by atoms with Crippen molar-refractivity contribution in [3.8, 4) is 16.9 Å². The summed E-state index contributed by atoms with van der Waals surface area (Å²) in [5.41, 5.74) is 2.71. The highest BCUT2D eigenvalue weighted by atomic mass is 16.6. The van der Waals surface area contributed by atoms with Gasteiger partial charge in [-0.2, -0.15) is 5.10 Å². The van der Waals surface area contributed by atoms with Gasteiger partial charge in [-0.15, -0.1) is 0 Å². The van der Waals surface area contributed by atoms with E-state index in [1.807, 2.05) is 43.3 Å². The van der Waals surface area contributed by atoms with Crippen molar-refractivity contribution in [1.82, 2.24) is 19.7 Å². The van der Waals surface area contributed by atoms with E-state index in [0.717, 1.165) is 11.1 Å². The van der Waals surface area contributed by atoms with Crippen molar-refractivity contribution in [3.05, 3.63) is 71.9 Å². The number of rotatable bonds is 10. The number of fused-ring (bicyclic) bond motifs is 1. The number of nitrogens with zero attached hydrogens (tertiary/aromatic N) is 4. The van der Waals surface area contributed by atoms with E-state index in [2.05, 4.69) is 15.1 Å². The molecule has 0 N–H and O–H groups in total. The minimum atomic E-state index is -0.643. The second kappa shape index (κ2) is 11.5. The second-order valence-electron chi connectivity index (χ2n) is 9.92. The van der Waals surface area contributed by atoms with Crippen LogP contribution in [0.4, 0.5) is 0 Å². The molecule has 0 radical (unpaired) electrons. The molecule has 0 fully saturated rings. The van der Waals surface area contributed by atoms with Crippen LogP contribution < -0.4 is 4.74 Å². The maximum absolute atomic E-state index is 12.6. The molecular weight excluding hydrogens is 484 g/mol. The number of hydrogen-bond acceptors (Lipinski definition) is 8. The quantitative estimate of drug-likeness (QED) is 0.166. The molecule has 9 heteroatoms. The average Bonchev–Trinajstić information content (AvgIpc) is 3.20. The summed E-state index contributed by atoms with van der Waals surface area (Å²) in [6.45, 7) is 9.65. The number of Topliss-reactive ketones (excluding diaryl/α,β-unsaturated/α-hetero) is 1. The highest BCUT2D eigenvalue weighted by molar-refractivity contribution is 6.06. The van der Waals surface area contributed by atoms with Gasteiger partial charge in [0.05, 0.1) is 18.7 Å². The molecule has 0 aliphatic heterocycles. The van der Waals surface area contributed by atoms with E-state index in [-0.39, 0.29) is 24.6 Å². The van der Waals surface area contributed by atoms with E-state index < -0.39 is 11.6 Å². The smallest absolute Gasteiger partial charge is 0.328 e. The zero-order valence-electron chi connectivity index (χ0n) is 22.4. The number of benzene rings is 2. The third-order valence-corrected chi connectivity index (χ3v) is 5.57. The van der Waals surface area contributed by atoms with E-state index in [1.54, 1.807) is 39.2 Å². The van der Waals surface area contributed by atoms with Gasteiger partial charge in [0.25, 0.3) is 0 Å². The van der Waals surface area contributed by atoms with Crippen molar-refractivity contribution in [1.29, 1.82) is 0 Å². The number of ketones is 1. The van der Waals surface area contributed by atoms with Crippen LogP contribution in [-0.4, -0.2) is 50.3 Å². The molecule has 2 heterocycles. The predicted molar refractivity (Wildman–Crippen MR) is 143 cm³/mol. The minimum absolute atomic E-state index is 0.145. The zero-order valence-corrected chi connectivity index (χ0v) is 22.4. The Kier molecular flexibility index (Phi) is 8.16. The van der Waals surface area contributed by atoms with Crippen molar-refractivity contribution in [2.24, 2.45) is 0 Å². The summed E-state index contributed by atoms with van der Waals surface area (Å²) >= 11 is 0. The lowest BCUT2D eigenvalue weighted by Crippen LogP contribution is -2.26. The lowest BCUT2D eigenvalue weighted by atomic mass is 10.0. The predicted octanol–water partition coefficient (Wildman–Crippen LogP) is 4.94. The highest BCUT2D eigenvalue weighted by Gasteiger charge is 2.22. The van der Waals surface area contributed by atoms with Crippen LogP contribution in [0.25, 0.3) is 22.0 Å². The van der Waals surface area contributed by atoms with Gasteiger partial charge >= 0.3 is 5.97 Å². The van der Waals surface area contributed by atoms with Gasteiger partial charge in [-0.1, -0.05) is 30.3 Å². The number of esters is 1. The molecule has 9 nitrogen and oxygen atoms in total. The molecule has 0 saturated carbocycles. The maximum atomic E-state index is 12.6. The first kappa shape index (κ1) is 26.9. The minimum Gasteiger partial charge on any atom is -0.490 e. The average molecular weight is 517 g/mol. The van der Waals surface area contributed by atoms with E-state index in [1.165, 1.54) is 11.6 Å². The van der Waals surface area contributed by atoms with E-state index in [9.17, 15) is 9.59 Å². The first-order chi connectivity index (χ1) is 18.1. The standard InChI is InChI=1S/C29H32N4O5/c1-19(34)28-24-13-23(22-15-30-20(2)31-16-22)26(37-12-11-36-18-21-9-7-6-8-10-21)14-25(24)33(32-28)17-27(35)38-29(3,4)5/h6-10,13-16H,11-12,17-18H2,1-5H3. The van der Waals surface area contributed by atoms with Gasteiger partial charge in [-0.3, -0.25) is 14.3 Å². The number of aryl methyl sites for hydroxylation is 1. The lowest BCUT2D eigenvalue weighted by Gasteiger charge is -2.19. The van der Waals surface area contributed by atoms with Crippen LogP contribution in [0.5, 0.6) is 5.75 Å². The first-order valence-corrected chi connectivity index (χ1v) is 12.4. The Balaban J connectivity index is 1.66. The van der Waals surface area contributed by atoms with Crippen LogP contribution in [-0.2, 0) is 27.4 Å². The summed E-state index contributed by atoms with van der Waals surface area (Å²) in [5.74, 6) is 0.506. The summed E-state index contributed by atoms with van der Waals surface area (Å²) in [6.07, 6.45) is 3.42. The van der Waals surface area contributed by atoms with Crippen LogP contribution in [0.1, 0.15) is 49.6 Å². The monoisotopic (exact) mass is 516 g/mol. The molecule has 2 aromatic heterocycles. The Labute approximate surface area is 221 Å². The van der Waals surface area contributed by atoms with E-state index >= 15 is 0 Å². The number of carbonyl (C=O) groups excluding carboxylic acids is 2. The number of hydrogen-bond donors (Lipinski definition) is 0. The molecule has 0 amide bonds. The molecule has 0 atom stereocenters. The molecule has 198 valence electrons. The van der Waals surface area contributed by atoms with Crippen molar-refractivity contribution < 1.29 is 23.8 Å². The SMILES string of the molecule is CC(=O)c1nn(CC(=O)OC(C)(C)C)c2cc(OCCOCc3ccccc3)c(-c3cnc(C)nc3)cc12. The fourth-order valence-electron chi connectivity index (χ4n) is 3.93. The third-order valence-electron chi connectivity index (χ3n) is 5.57. The number of ether oxygens (including phenoxy) is 3. The van der Waals surface area contributed by atoms with Gasteiger partial charge < -0.3 is 14.2 Å². The lowest BCUT2D eigenvalue weighted by molar-refractivity contribution is -0.155. The topological polar surface area (TPSA) is 105 Å². The molecule has 0 aliphatic rings. The Morgan fingerprint density at radius 3 is 2.37 bits per heavy atom. The largest absolute Gasteiger partial charge is 0.490 e. The zero-order chi connectivity index (χ0) is 27.3. The highest BCUT2D eigenvalue weighted by Crippen LogP contribution is 2.35. The van der Waals surface area contributed by atoms with E-state index in [0.29, 0.717) is 41.3 Å². The summed E-state index contributed by atoms with van der Waals surface area (Å²) < 4.78 is 18.9. The first-order valence-electron chi connectivity index (χ1n) is 12.4. The van der Waals surface area contributed by atoms with Crippen LogP contribution in [0, 0.1) is 6.92 Å². The normalized spacial score (nSPS) is 11.5. The second-order valence-corrected chi connectivity index (χ2v) is 9.92. The van der Waals surface area contributed by atoms with Gasteiger partial charge in [-0.05, 0) is 39.3 Å². The number of carbonyl (C=O) groups is 2. The van der Waals surface area contributed by atoms with Crippen molar-refractivity contribution >= 4 is 22.7 Å². The van der Waals surface area contributed by atoms with Crippen LogP contribution in [0.3, 0.4) is 0 Å². The van der Waals surface area contributed by atoms with Gasteiger partial charge in [-0.25, -0.2) is 9.97 Å². The molecule has 0 saturated heterocycles. The van der Waals surface area contributed by atoms with Crippen LogP contribution in [0.2, 0.25) is 0 Å². The summed E-state index contributed by atoms with van der Waals surface area (Å²) in [7, 11) is 0. The van der Waals surface area contributed by atoms with Gasteiger partial charge in [0.1, 0.15) is 36.0 Å². The fraction of sp³-hybridized carbons (Fsp3) is 0.345. The summed E-state index contributed by atoms with van der Waals surface area (Å²) in [5, 5.41) is 5.05. The molecule has 0 spiro atoms. The van der Waals surface area contributed by atoms with E-state index in [4.69, 9.17) is 14.2 Å². The summed E-state index contributed by atoms with van der Waals surface area (Å²) in [6, 6.07) is 13.5. The molecule has 4 aromatic rings. The van der Waals surface area contributed by atoms with Gasteiger partial charge in [0, 0.05) is 41.9 Å². The van der Waals surface area contributed by atoms with Crippen molar-refractivity contribution in [2.45, 2.75) is 53.4 Å². The fourth-order valence-corrected chi connectivity index (χ4v) is 3.93. The van der Waals surface area contributed by atoms with Crippen LogP contribution in [0.15, 0.2) is 54.9 Å². The maximum Gasteiger partial charge on any atom is 0.328 e. The number of aromatic nitrogens is 4. The van der Waals surface area contributed by atoms with Gasteiger partial charge in [0.2, 0.25) is 0 Å². The molecule has 0 aliphatic carbocycles. The Hall–Kier alpha value is -4.11. The van der Waals surface area contributed by atoms with Crippen molar-refractivity contribution in [2.75, 3.05) is 13.2 Å². The third kappa shape index (κ3) is 6.80.